The molecule has 0 atom stereocenters. The van der Waals surface area contributed by atoms with Gasteiger partial charge in [-0.15, -0.1) is 0 Å². The molecule has 1 aromatic carbocycles. The molecule has 0 saturated carbocycles. The lowest BCUT2D eigenvalue weighted by Crippen LogP contribution is -1.93. The van der Waals surface area contributed by atoms with Crippen LogP contribution in [-0.2, 0) is 0 Å². The molecule has 0 spiro atoms. The molecular weight excluding hydrogens is 172 g/mol. The van der Waals surface area contributed by atoms with Gasteiger partial charge >= 0.3 is 5.76 Å². The first-order valence-electron chi connectivity index (χ1n) is 3.70. The van der Waals surface area contributed by atoms with Gasteiger partial charge in [0.2, 0.25) is 0 Å². The monoisotopic (exact) mass is 179 g/mol. The van der Waals surface area contributed by atoms with E-state index in [1.54, 1.807) is 18.2 Å². The molecule has 0 aliphatic heterocycles. The van der Waals surface area contributed by atoms with E-state index in [4.69, 9.17) is 4.42 Å². The number of nitroso groups, excluding NO2 is 1. The van der Waals surface area contributed by atoms with Crippen LogP contribution in [0.4, 0.5) is 5.69 Å². The molecule has 1 N–H and O–H groups in total. The van der Waals surface area contributed by atoms with Gasteiger partial charge < -0.3 is 4.42 Å². The number of fused-ring (bicyclic) bond motifs is 1. The Kier molecular flexibility index (Phi) is 1.51. The highest BCUT2D eigenvalue weighted by molar-refractivity contribution is 5.74. The van der Waals surface area contributed by atoms with Crippen molar-refractivity contribution in [3.63, 3.8) is 0 Å². The predicted octanol–water partition coefficient (Wildman–Crippen LogP) is 1.16. The molecule has 1 heterocycles. The molecule has 2 rings (SSSR count). The molecule has 2 aromatic rings. The fourth-order valence-corrected chi connectivity index (χ4v) is 1.14. The van der Waals surface area contributed by atoms with E-state index in [1.165, 1.54) is 7.05 Å². The number of H-pyrrole nitrogens is 1. The van der Waals surface area contributed by atoms with Gasteiger partial charge in [0.05, 0.1) is 5.52 Å². The molecular formula is C8H7N2O3+. The third kappa shape index (κ3) is 1.24. The smallest absolute Gasteiger partial charge is 0.408 e. The predicted molar refractivity (Wildman–Crippen MR) is 46.0 cm³/mol. The fraction of sp³-hybridized carbons (Fsp3) is 0.125. The van der Waals surface area contributed by atoms with E-state index < -0.39 is 5.76 Å². The summed E-state index contributed by atoms with van der Waals surface area (Å²) in [7, 11) is 1.39. The SMILES string of the molecule is C[N+](=O)c1ccc2oc(=O)[nH]c2c1. The lowest BCUT2D eigenvalue weighted by Gasteiger charge is -1.86. The van der Waals surface area contributed by atoms with Crippen LogP contribution in [0.15, 0.2) is 27.4 Å². The Balaban J connectivity index is 2.74. The molecule has 66 valence electrons. The first-order chi connectivity index (χ1) is 6.16. The van der Waals surface area contributed by atoms with Crippen LogP contribution < -0.4 is 5.76 Å². The fourth-order valence-electron chi connectivity index (χ4n) is 1.14. The zero-order valence-electron chi connectivity index (χ0n) is 6.90. The molecule has 5 nitrogen and oxygen atoms in total. The summed E-state index contributed by atoms with van der Waals surface area (Å²) >= 11 is 0. The number of aromatic amines is 1. The van der Waals surface area contributed by atoms with Crippen LogP contribution in [-0.4, -0.2) is 16.8 Å². The molecule has 13 heavy (non-hydrogen) atoms. The van der Waals surface area contributed by atoms with E-state index in [1.807, 2.05) is 0 Å². The van der Waals surface area contributed by atoms with Gasteiger partial charge in [-0.05, 0) is 6.07 Å². The number of benzene rings is 1. The number of nitrogens with zero attached hydrogens (tertiary/aromatic N) is 1. The van der Waals surface area contributed by atoms with Gasteiger partial charge in [0, 0.05) is 21.8 Å². The second-order valence-corrected chi connectivity index (χ2v) is 2.69. The van der Waals surface area contributed by atoms with E-state index in [0.29, 0.717) is 21.5 Å². The van der Waals surface area contributed by atoms with Crippen LogP contribution in [0.3, 0.4) is 0 Å². The summed E-state index contributed by atoms with van der Waals surface area (Å²) in [6.07, 6.45) is 0. The Hall–Kier alpha value is -1.91. The van der Waals surface area contributed by atoms with Gasteiger partial charge in [-0.25, -0.2) is 4.79 Å². The van der Waals surface area contributed by atoms with E-state index in [-0.39, 0.29) is 0 Å². The zero-order valence-corrected chi connectivity index (χ0v) is 6.90. The molecule has 0 aliphatic rings. The quantitative estimate of drug-likeness (QED) is 0.668. The van der Waals surface area contributed by atoms with E-state index in [2.05, 4.69) is 4.98 Å². The van der Waals surface area contributed by atoms with Crippen LogP contribution in [0.25, 0.3) is 11.1 Å². The molecule has 0 aliphatic carbocycles. The maximum absolute atomic E-state index is 10.9. The standard InChI is InChI=1S/C8H6N2O3/c1-10(12)5-2-3-7-6(4-5)9-8(11)13-7/h2-4H,1H3/p+1. The van der Waals surface area contributed by atoms with Gasteiger partial charge in [0.15, 0.2) is 12.6 Å². The van der Waals surface area contributed by atoms with Crippen molar-refractivity contribution in [1.82, 2.24) is 4.98 Å². The number of rotatable bonds is 1. The Labute approximate surface area is 72.6 Å². The number of nitrogens with one attached hydrogen (secondary N) is 1. The third-order valence-electron chi connectivity index (χ3n) is 1.77. The van der Waals surface area contributed by atoms with Crippen molar-refractivity contribution in [2.45, 2.75) is 0 Å². The topological polar surface area (TPSA) is 66.1 Å². The average Bonchev–Trinajstić information content (AvgIpc) is 2.42. The minimum atomic E-state index is -0.513. The lowest BCUT2D eigenvalue weighted by molar-refractivity contribution is -0.428. The maximum Gasteiger partial charge on any atom is 0.417 e. The van der Waals surface area contributed by atoms with Gasteiger partial charge in [0.25, 0.3) is 5.69 Å². The van der Waals surface area contributed by atoms with E-state index in [0.717, 1.165) is 0 Å². The summed E-state index contributed by atoms with van der Waals surface area (Å²) in [4.78, 5) is 24.1. The number of oxazole rings is 1. The molecule has 0 unspecified atom stereocenters. The van der Waals surface area contributed by atoms with Crippen LogP contribution in [0, 0.1) is 4.91 Å². The van der Waals surface area contributed by atoms with Crippen molar-refractivity contribution in [2.24, 2.45) is 0 Å². The summed E-state index contributed by atoms with van der Waals surface area (Å²) in [6, 6.07) is 4.73. The summed E-state index contributed by atoms with van der Waals surface area (Å²) < 4.78 is 5.48. The molecule has 1 aromatic heterocycles. The highest BCUT2D eigenvalue weighted by atomic mass is 16.4. The highest BCUT2D eigenvalue weighted by Crippen LogP contribution is 2.17. The highest BCUT2D eigenvalue weighted by Gasteiger charge is 2.09. The third-order valence-corrected chi connectivity index (χ3v) is 1.77. The minimum absolute atomic E-state index is 0.454. The first kappa shape index (κ1) is 7.72. The van der Waals surface area contributed by atoms with Gasteiger partial charge in [-0.3, -0.25) is 4.98 Å². The molecule has 0 radical (unpaired) electrons. The van der Waals surface area contributed by atoms with Gasteiger partial charge in [-0.2, -0.15) is 0 Å². The molecule has 0 amide bonds. The largest absolute Gasteiger partial charge is 0.417 e. The summed E-state index contributed by atoms with van der Waals surface area (Å²) in [5.41, 5.74) is 1.46. The summed E-state index contributed by atoms with van der Waals surface area (Å²) in [5.74, 6) is -0.513. The second kappa shape index (κ2) is 2.55. The lowest BCUT2D eigenvalue weighted by atomic mass is 10.3. The Bertz CT molecular complexity index is 523. The van der Waals surface area contributed by atoms with Crippen molar-refractivity contribution in [1.29, 1.82) is 0 Å². The summed E-state index contributed by atoms with van der Waals surface area (Å²) in [5, 5.41) is 0. The summed E-state index contributed by atoms with van der Waals surface area (Å²) in [6.45, 7) is 0. The molecule has 0 fully saturated rings. The molecule has 5 heteroatoms. The van der Waals surface area contributed by atoms with Gasteiger partial charge in [0.1, 0.15) is 0 Å². The van der Waals surface area contributed by atoms with Gasteiger partial charge in [-0.1, -0.05) is 0 Å². The van der Waals surface area contributed by atoms with Crippen LogP contribution in [0.5, 0.6) is 0 Å². The first-order valence-corrected chi connectivity index (χ1v) is 3.70. The Morgan fingerprint density at radius 3 is 2.92 bits per heavy atom. The van der Waals surface area contributed by atoms with E-state index >= 15 is 0 Å². The Morgan fingerprint density at radius 1 is 1.46 bits per heavy atom. The number of hydrogen-bond acceptors (Lipinski definition) is 3. The average molecular weight is 179 g/mol. The second-order valence-electron chi connectivity index (χ2n) is 2.69. The normalized spacial score (nSPS) is 10.5. The van der Waals surface area contributed by atoms with Crippen LogP contribution in [0.2, 0.25) is 0 Å². The number of hydrogen-bond donors (Lipinski definition) is 1. The maximum atomic E-state index is 10.9. The van der Waals surface area contributed by atoms with Crippen molar-refractivity contribution in [3.05, 3.63) is 33.7 Å². The number of aromatic nitrogens is 1. The van der Waals surface area contributed by atoms with Crippen molar-refractivity contribution >= 4 is 16.8 Å². The Morgan fingerprint density at radius 2 is 2.23 bits per heavy atom. The van der Waals surface area contributed by atoms with Crippen molar-refractivity contribution < 1.29 is 9.18 Å². The molecule has 0 bridgehead atoms. The van der Waals surface area contributed by atoms with Crippen LogP contribution >= 0.6 is 0 Å². The minimum Gasteiger partial charge on any atom is -0.408 e. The van der Waals surface area contributed by atoms with Crippen LogP contribution in [0.1, 0.15) is 0 Å². The van der Waals surface area contributed by atoms with Crippen molar-refractivity contribution in [3.8, 4) is 0 Å². The molecule has 0 saturated heterocycles. The van der Waals surface area contributed by atoms with E-state index in [9.17, 15) is 9.70 Å². The zero-order chi connectivity index (χ0) is 9.42. The van der Waals surface area contributed by atoms with Crippen molar-refractivity contribution in [2.75, 3.05) is 7.05 Å².